The van der Waals surface area contributed by atoms with Gasteiger partial charge in [0.2, 0.25) is 0 Å². The van der Waals surface area contributed by atoms with Gasteiger partial charge in [-0.2, -0.15) is 0 Å². The van der Waals surface area contributed by atoms with Crippen LogP contribution in [0.4, 0.5) is 0 Å². The molecule has 0 aliphatic rings. The summed E-state index contributed by atoms with van der Waals surface area (Å²) < 4.78 is 15.4. The van der Waals surface area contributed by atoms with Crippen LogP contribution in [-0.4, -0.2) is 26.8 Å². The Morgan fingerprint density at radius 1 is 0.419 bits per heavy atom. The van der Waals surface area contributed by atoms with Gasteiger partial charge < -0.3 is 14.2 Å². The molecule has 0 N–H and O–H groups in total. The third kappa shape index (κ3) is 37.0. The van der Waals surface area contributed by atoms with Gasteiger partial charge >= 0.3 is 0 Å². The maximum absolute atomic E-state index is 5.18. The van der Waals surface area contributed by atoms with Crippen molar-refractivity contribution in [3.05, 3.63) is 24.3 Å². The van der Waals surface area contributed by atoms with Crippen LogP contribution >= 0.6 is 0 Å². The number of unbranched alkanes of at least 4 members (excludes halogenated alkanes) is 11. The Balaban J connectivity index is 0. The van der Waals surface area contributed by atoms with Crippen molar-refractivity contribution in [3.63, 3.8) is 0 Å². The lowest BCUT2D eigenvalue weighted by atomic mass is 10.1. The quantitative estimate of drug-likeness (QED) is 0.0899. The molecule has 0 bridgehead atoms. The van der Waals surface area contributed by atoms with E-state index in [0.717, 1.165) is 38.9 Å². The van der Waals surface area contributed by atoms with Crippen molar-refractivity contribution in [2.75, 3.05) is 26.8 Å². The molecule has 0 unspecified atom stereocenters. The van der Waals surface area contributed by atoms with Gasteiger partial charge in [0.1, 0.15) is 13.6 Å². The topological polar surface area (TPSA) is 27.7 Å². The smallest absolute Gasteiger partial charge is 0.149 e. The Labute approximate surface area is 196 Å². The molecule has 0 aromatic heterocycles. The van der Waals surface area contributed by atoms with Crippen molar-refractivity contribution >= 4 is 0 Å². The highest BCUT2D eigenvalue weighted by Crippen LogP contribution is 2.09. The van der Waals surface area contributed by atoms with Crippen LogP contribution in [0.2, 0.25) is 0 Å². The van der Waals surface area contributed by atoms with Gasteiger partial charge in [-0.25, -0.2) is 0 Å². The molecular formula is C28H56O3. The third-order valence-corrected chi connectivity index (χ3v) is 4.90. The lowest BCUT2D eigenvalue weighted by Crippen LogP contribution is -2.06. The fourth-order valence-corrected chi connectivity index (χ4v) is 2.84. The van der Waals surface area contributed by atoms with Gasteiger partial charge in [-0.05, 0) is 51.4 Å². The zero-order valence-corrected chi connectivity index (χ0v) is 21.7. The molecule has 0 amide bonds. The van der Waals surface area contributed by atoms with Crippen LogP contribution in [0.15, 0.2) is 24.3 Å². The molecule has 0 aromatic rings. The minimum Gasteiger partial charge on any atom is -0.355 e. The number of rotatable bonds is 23. The number of ether oxygens (including phenoxy) is 3. The molecule has 0 fully saturated rings. The predicted octanol–water partition coefficient (Wildman–Crippen LogP) is 9.37. The highest BCUT2D eigenvalue weighted by Gasteiger charge is 1.90. The summed E-state index contributed by atoms with van der Waals surface area (Å²) in [7, 11) is 0. The monoisotopic (exact) mass is 440 g/mol. The Bertz CT molecular complexity index is 329. The van der Waals surface area contributed by atoms with Gasteiger partial charge in [0.25, 0.3) is 0 Å². The standard InChI is InChI=1S/C18H34.C10H22O3/c1-3-5-7-9-11-13-15-17-18-16-14-12-10-8-6-4-2;1-3-5-7-11-9-13-10-12-8-6-4-2/h5,7,10,12H,3-4,6,8-9,11,13-18H2,1-2H3;3-10H2,1-2H3. The molecule has 0 aliphatic heterocycles. The van der Waals surface area contributed by atoms with Crippen molar-refractivity contribution in [2.24, 2.45) is 0 Å². The molecule has 186 valence electrons. The minimum absolute atomic E-state index is 0.353. The summed E-state index contributed by atoms with van der Waals surface area (Å²) in [4.78, 5) is 0. The molecule has 0 atom stereocenters. The Morgan fingerprint density at radius 2 is 0.839 bits per heavy atom. The molecule has 0 radical (unpaired) electrons. The fraction of sp³-hybridized carbons (Fsp3) is 0.857. The molecule has 0 heterocycles. The predicted molar refractivity (Wildman–Crippen MR) is 138 cm³/mol. The SMILES string of the molecule is CCC=CCCCCCCCCC=CCCCC.CCCCOCOCOCCCC. The first kappa shape index (κ1) is 32.5. The van der Waals surface area contributed by atoms with E-state index >= 15 is 0 Å². The fourth-order valence-electron chi connectivity index (χ4n) is 2.84. The van der Waals surface area contributed by atoms with Crippen LogP contribution in [0.5, 0.6) is 0 Å². The molecule has 0 saturated heterocycles. The van der Waals surface area contributed by atoms with E-state index in [2.05, 4.69) is 52.0 Å². The maximum atomic E-state index is 5.18. The zero-order valence-electron chi connectivity index (χ0n) is 21.7. The molecule has 3 heteroatoms. The Morgan fingerprint density at radius 3 is 1.29 bits per heavy atom. The second kappa shape index (κ2) is 34.0. The molecule has 0 aliphatic carbocycles. The Hall–Kier alpha value is -0.640. The van der Waals surface area contributed by atoms with Crippen molar-refractivity contribution < 1.29 is 14.2 Å². The first-order chi connectivity index (χ1) is 15.3. The van der Waals surface area contributed by atoms with E-state index in [1.165, 1.54) is 77.0 Å². The van der Waals surface area contributed by atoms with E-state index in [0.29, 0.717) is 13.6 Å². The maximum Gasteiger partial charge on any atom is 0.149 e. The normalized spacial score (nSPS) is 11.4. The summed E-state index contributed by atoms with van der Waals surface area (Å²) in [6, 6.07) is 0. The average Bonchev–Trinajstić information content (AvgIpc) is 2.79. The van der Waals surface area contributed by atoms with E-state index in [9.17, 15) is 0 Å². The van der Waals surface area contributed by atoms with Crippen LogP contribution < -0.4 is 0 Å². The molecule has 0 aromatic carbocycles. The average molecular weight is 441 g/mol. The summed E-state index contributed by atoms with van der Waals surface area (Å²) in [5, 5.41) is 0. The summed E-state index contributed by atoms with van der Waals surface area (Å²) >= 11 is 0. The van der Waals surface area contributed by atoms with Crippen LogP contribution in [0, 0.1) is 0 Å². The van der Waals surface area contributed by atoms with E-state index in [-0.39, 0.29) is 0 Å². The Kier molecular flexibility index (Phi) is 35.7. The molecule has 3 nitrogen and oxygen atoms in total. The van der Waals surface area contributed by atoms with Crippen molar-refractivity contribution in [1.29, 1.82) is 0 Å². The van der Waals surface area contributed by atoms with Crippen LogP contribution in [0.3, 0.4) is 0 Å². The van der Waals surface area contributed by atoms with Gasteiger partial charge in [0.15, 0.2) is 0 Å². The van der Waals surface area contributed by atoms with Gasteiger partial charge in [-0.1, -0.05) is 103 Å². The summed E-state index contributed by atoms with van der Waals surface area (Å²) in [5.41, 5.74) is 0. The summed E-state index contributed by atoms with van der Waals surface area (Å²) in [6.07, 6.45) is 30.1. The van der Waals surface area contributed by atoms with Crippen LogP contribution in [-0.2, 0) is 14.2 Å². The molecule has 31 heavy (non-hydrogen) atoms. The first-order valence-electron chi connectivity index (χ1n) is 13.4. The van der Waals surface area contributed by atoms with Crippen LogP contribution in [0.25, 0.3) is 0 Å². The minimum atomic E-state index is 0.353. The summed E-state index contributed by atoms with van der Waals surface area (Å²) in [5.74, 6) is 0. The van der Waals surface area contributed by atoms with E-state index in [1.807, 2.05) is 0 Å². The van der Waals surface area contributed by atoms with Crippen molar-refractivity contribution in [1.82, 2.24) is 0 Å². The molecule has 0 saturated carbocycles. The van der Waals surface area contributed by atoms with Gasteiger partial charge in [0.05, 0.1) is 0 Å². The van der Waals surface area contributed by atoms with E-state index < -0.39 is 0 Å². The van der Waals surface area contributed by atoms with Gasteiger partial charge in [0, 0.05) is 13.2 Å². The number of hydrogen-bond donors (Lipinski definition) is 0. The lowest BCUT2D eigenvalue weighted by Gasteiger charge is -2.05. The zero-order chi connectivity index (χ0) is 23.1. The summed E-state index contributed by atoms with van der Waals surface area (Å²) in [6.45, 7) is 11.0. The third-order valence-electron chi connectivity index (χ3n) is 4.90. The second-order valence-electron chi connectivity index (χ2n) is 8.16. The van der Waals surface area contributed by atoms with Crippen molar-refractivity contribution in [3.8, 4) is 0 Å². The van der Waals surface area contributed by atoms with Crippen molar-refractivity contribution in [2.45, 2.75) is 130 Å². The first-order valence-corrected chi connectivity index (χ1v) is 13.4. The highest BCUT2D eigenvalue weighted by molar-refractivity contribution is 4.81. The molecular weight excluding hydrogens is 384 g/mol. The van der Waals surface area contributed by atoms with E-state index in [1.54, 1.807) is 0 Å². The molecule has 0 spiro atoms. The largest absolute Gasteiger partial charge is 0.355 e. The van der Waals surface area contributed by atoms with Gasteiger partial charge in [-0.3, -0.25) is 0 Å². The number of allylic oxidation sites excluding steroid dienone is 4. The highest BCUT2D eigenvalue weighted by atomic mass is 16.7. The van der Waals surface area contributed by atoms with Crippen LogP contribution in [0.1, 0.15) is 130 Å². The number of hydrogen-bond acceptors (Lipinski definition) is 3. The molecule has 0 rings (SSSR count). The van der Waals surface area contributed by atoms with Gasteiger partial charge in [-0.15, -0.1) is 0 Å². The van der Waals surface area contributed by atoms with E-state index in [4.69, 9.17) is 14.2 Å². The second-order valence-corrected chi connectivity index (χ2v) is 8.16. The lowest BCUT2D eigenvalue weighted by molar-refractivity contribution is -0.131.